The Morgan fingerprint density at radius 3 is 0.712 bits per heavy atom. The van der Waals surface area contributed by atoms with Gasteiger partial charge in [-0.1, -0.05) is 0 Å². The van der Waals surface area contributed by atoms with Gasteiger partial charge >= 0.3 is 70.3 Å². The summed E-state index contributed by atoms with van der Waals surface area (Å²) in [6, 6.07) is 0. The number of rotatable bonds is 18. The van der Waals surface area contributed by atoms with Crippen molar-refractivity contribution in [2.75, 3.05) is 0 Å². The summed E-state index contributed by atoms with van der Waals surface area (Å²) in [5, 5.41) is 0. The summed E-state index contributed by atoms with van der Waals surface area (Å²) >= 11 is 0. The van der Waals surface area contributed by atoms with Crippen molar-refractivity contribution in [1.29, 1.82) is 0 Å². The Morgan fingerprint density at radius 2 is 0.538 bits per heavy atom. The summed E-state index contributed by atoms with van der Waals surface area (Å²) in [7, 11) is -14.8. The molecular formula is C21H24F26O2Si3. The molecular weight excluding hydrogens is 862 g/mol. The van der Waals surface area contributed by atoms with E-state index in [1.807, 2.05) is 0 Å². The van der Waals surface area contributed by atoms with Crippen LogP contribution in [0.15, 0.2) is 0 Å². The maximum absolute atomic E-state index is 14.8. The van der Waals surface area contributed by atoms with Gasteiger partial charge in [-0.3, -0.25) is 0 Å². The molecule has 0 bridgehead atoms. The van der Waals surface area contributed by atoms with E-state index >= 15 is 0 Å². The zero-order valence-electron chi connectivity index (χ0n) is 26.4. The first-order chi connectivity index (χ1) is 22.0. The van der Waals surface area contributed by atoms with Crippen molar-refractivity contribution in [3.63, 3.8) is 0 Å². The Hall–Kier alpha value is -1.25. The van der Waals surface area contributed by atoms with Gasteiger partial charge in [0.25, 0.3) is 16.6 Å². The second-order valence-corrected chi connectivity index (χ2v) is 20.8. The fourth-order valence-electron chi connectivity index (χ4n) is 3.86. The van der Waals surface area contributed by atoms with Crippen molar-refractivity contribution in [2.45, 2.75) is 129 Å². The molecule has 0 aromatic rings. The lowest BCUT2D eigenvalue weighted by molar-refractivity contribution is -0.423. The molecule has 2 unspecified atom stereocenters. The molecule has 0 aliphatic rings. The third-order valence-corrected chi connectivity index (χ3v) is 14.3. The molecule has 0 fully saturated rings. The Bertz CT molecular complexity index is 1170. The van der Waals surface area contributed by atoms with E-state index in [9.17, 15) is 114 Å². The third-order valence-electron chi connectivity index (χ3n) is 7.42. The number of alkyl halides is 26. The van der Waals surface area contributed by atoms with Crippen molar-refractivity contribution < 1.29 is 123 Å². The number of hydrogen-bond acceptors (Lipinski definition) is 2. The molecule has 0 aromatic heterocycles. The van der Waals surface area contributed by atoms with Crippen molar-refractivity contribution >= 4 is 26.9 Å². The smallest absolute Gasteiger partial charge is 0.384 e. The molecule has 31 heteroatoms. The normalized spacial score (nSPS) is 18.5. The third kappa shape index (κ3) is 6.71. The lowest BCUT2D eigenvalue weighted by atomic mass is 9.92. The maximum atomic E-state index is 14.8. The van der Waals surface area contributed by atoms with E-state index in [-0.39, 0.29) is 0 Å². The Balaban J connectivity index is 6.88. The zero-order valence-corrected chi connectivity index (χ0v) is 30.4. The Morgan fingerprint density at radius 1 is 0.365 bits per heavy atom. The minimum absolute atomic E-state index is 0.468. The predicted octanol–water partition coefficient (Wildman–Crippen LogP) is 9.50. The zero-order chi connectivity index (χ0) is 43.1. The summed E-state index contributed by atoms with van der Waals surface area (Å²) in [4.78, 5) is 0. The second-order valence-electron chi connectivity index (χ2n) is 12.0. The van der Waals surface area contributed by atoms with Crippen molar-refractivity contribution in [2.24, 2.45) is 0 Å². The van der Waals surface area contributed by atoms with Crippen LogP contribution in [0.1, 0.15) is 13.8 Å². The minimum atomic E-state index is -8.32. The highest BCUT2D eigenvalue weighted by atomic mass is 28.4. The van der Waals surface area contributed by atoms with Gasteiger partial charge in [0.05, 0.1) is 10.2 Å². The summed E-state index contributed by atoms with van der Waals surface area (Å²) in [6.07, 6.45) is -9.06. The van der Waals surface area contributed by atoms with Gasteiger partial charge in [-0.15, -0.1) is 0 Å². The van der Waals surface area contributed by atoms with Gasteiger partial charge in [0.15, 0.2) is 12.3 Å². The predicted molar refractivity (Wildman–Crippen MR) is 131 cm³/mol. The average Bonchev–Trinajstić information content (AvgIpc) is 2.90. The monoisotopic (exact) mass is 886 g/mol. The van der Waals surface area contributed by atoms with Crippen LogP contribution in [0.3, 0.4) is 0 Å². The van der Waals surface area contributed by atoms with E-state index in [1.165, 1.54) is 0 Å². The molecule has 0 saturated carbocycles. The highest BCUT2D eigenvalue weighted by Gasteiger charge is 2.94. The first-order valence-corrected chi connectivity index (χ1v) is 20.1. The van der Waals surface area contributed by atoms with Crippen LogP contribution in [-0.4, -0.2) is 115 Å². The van der Waals surface area contributed by atoms with Gasteiger partial charge in [-0.25, -0.2) is 26.3 Å². The molecule has 2 nitrogen and oxygen atoms in total. The molecule has 314 valence electrons. The van der Waals surface area contributed by atoms with Crippen LogP contribution in [0, 0.1) is 0 Å². The average molecular weight is 887 g/mol. The van der Waals surface area contributed by atoms with Crippen LogP contribution >= 0.6 is 0 Å². The van der Waals surface area contributed by atoms with E-state index in [0.29, 0.717) is 0 Å². The molecule has 0 radical (unpaired) electrons. The maximum Gasteiger partial charge on any atom is 0.384 e. The highest BCUT2D eigenvalue weighted by molar-refractivity contribution is 6.75. The van der Waals surface area contributed by atoms with Gasteiger partial charge in [-0.05, 0) is 40.0 Å². The van der Waals surface area contributed by atoms with E-state index in [0.717, 1.165) is 0 Å². The molecule has 0 aliphatic heterocycles. The fraction of sp³-hybridized carbons (Fsp3) is 1.00. The van der Waals surface area contributed by atoms with E-state index in [4.69, 9.17) is 0 Å². The van der Waals surface area contributed by atoms with Crippen LogP contribution in [0.25, 0.3) is 0 Å². The van der Waals surface area contributed by atoms with Crippen LogP contribution in [0.5, 0.6) is 0 Å². The summed E-state index contributed by atoms with van der Waals surface area (Å²) in [5.41, 5.74) is -14.0. The molecule has 0 N–H and O–H groups in total. The standard InChI is InChI=1S/C21H24F26O2Si3/c1-7(22)10(24,25)12(28,29)14(32,33)16(36,37)18(40,41)20(44,45)51(3,4)48-9(50)49-52(5,6)21(46,47)19(42,43)17(38,39)15(34,35)13(30,31)11(26,27)8(2)23/h7-9H,1-6,50H3. The SMILES string of the molecule is CC(F)C(F)(F)C(F)(F)C(F)(F)C(F)(F)C(F)(F)C(F)(F)[Si](C)(C)OC([SiH3])O[Si](C)(C)C(F)(F)C(F)(F)C(F)(F)C(F)(F)C(F)(F)C(F)(F)C(C)F. The largest absolute Gasteiger partial charge is 0.390 e. The van der Waals surface area contributed by atoms with Gasteiger partial charge in [-0.2, -0.15) is 87.8 Å². The molecule has 0 saturated heterocycles. The fourth-order valence-corrected chi connectivity index (χ4v) is 11.4. The van der Waals surface area contributed by atoms with Crippen LogP contribution in [0.2, 0.25) is 26.2 Å². The Labute approximate surface area is 279 Å². The van der Waals surface area contributed by atoms with Crippen molar-refractivity contribution in [3.8, 4) is 0 Å². The molecule has 0 spiro atoms. The Kier molecular flexibility index (Phi) is 13.1. The molecule has 52 heavy (non-hydrogen) atoms. The summed E-state index contributed by atoms with van der Waals surface area (Å²) < 4.78 is 372. The van der Waals surface area contributed by atoms with E-state index in [2.05, 4.69) is 8.85 Å². The molecule has 0 rings (SSSR count). The lowest BCUT2D eigenvalue weighted by Crippen LogP contribution is -2.76. The topological polar surface area (TPSA) is 18.5 Å². The van der Waals surface area contributed by atoms with Gasteiger partial charge in [0, 0.05) is 0 Å². The molecule has 0 amide bonds. The molecule has 0 aliphatic carbocycles. The molecule has 0 heterocycles. The van der Waals surface area contributed by atoms with Crippen molar-refractivity contribution in [3.05, 3.63) is 0 Å². The van der Waals surface area contributed by atoms with Gasteiger partial charge < -0.3 is 8.85 Å². The molecule has 0 aromatic carbocycles. The van der Waals surface area contributed by atoms with Crippen molar-refractivity contribution in [1.82, 2.24) is 0 Å². The quantitative estimate of drug-likeness (QED) is 0.0777. The number of halogens is 26. The second kappa shape index (κ2) is 13.5. The van der Waals surface area contributed by atoms with Gasteiger partial charge in [0.2, 0.25) is 0 Å². The van der Waals surface area contributed by atoms with Crippen LogP contribution < -0.4 is 0 Å². The van der Waals surface area contributed by atoms with Crippen LogP contribution in [0.4, 0.5) is 114 Å². The lowest BCUT2D eigenvalue weighted by Gasteiger charge is -2.46. The summed E-state index contributed by atoms with van der Waals surface area (Å²) in [5.74, 6) is -82.1. The van der Waals surface area contributed by atoms with Crippen LogP contribution in [-0.2, 0) is 8.85 Å². The molecule has 2 atom stereocenters. The van der Waals surface area contributed by atoms with E-state index in [1.54, 1.807) is 0 Å². The number of hydrogen-bond donors (Lipinski definition) is 0. The van der Waals surface area contributed by atoms with Gasteiger partial charge in [0.1, 0.15) is 5.91 Å². The first-order valence-electron chi connectivity index (χ1n) is 13.2. The highest BCUT2D eigenvalue weighted by Crippen LogP contribution is 2.64. The first kappa shape index (κ1) is 50.8. The van der Waals surface area contributed by atoms with E-state index < -0.39 is 155 Å². The summed E-state index contributed by atoms with van der Waals surface area (Å²) in [6.45, 7) is -3.20. The minimum Gasteiger partial charge on any atom is -0.390 e.